The van der Waals surface area contributed by atoms with Gasteiger partial charge in [0.15, 0.2) is 0 Å². The SMILES string of the molecule is Clc1cc(C2CCCN2)ccc1I. The van der Waals surface area contributed by atoms with Crippen LogP contribution in [0.1, 0.15) is 24.4 Å². The Morgan fingerprint density at radius 2 is 2.31 bits per heavy atom. The Kier molecular flexibility index (Phi) is 3.11. The highest BCUT2D eigenvalue weighted by Gasteiger charge is 2.16. The molecule has 2 rings (SSSR count). The van der Waals surface area contributed by atoms with Crippen LogP contribution in [0, 0.1) is 3.57 Å². The molecular weight excluding hydrogens is 296 g/mol. The second kappa shape index (κ2) is 4.15. The summed E-state index contributed by atoms with van der Waals surface area (Å²) < 4.78 is 1.13. The third-order valence-corrected chi connectivity index (χ3v) is 3.98. The van der Waals surface area contributed by atoms with Crippen LogP contribution in [0.4, 0.5) is 0 Å². The Morgan fingerprint density at radius 1 is 1.46 bits per heavy atom. The normalized spacial score (nSPS) is 22.2. The van der Waals surface area contributed by atoms with Crippen LogP contribution in [0.15, 0.2) is 18.2 Å². The molecule has 0 bridgehead atoms. The van der Waals surface area contributed by atoms with Gasteiger partial charge in [-0.2, -0.15) is 0 Å². The average molecular weight is 308 g/mol. The molecule has 0 aromatic heterocycles. The summed E-state index contributed by atoms with van der Waals surface area (Å²) in [4.78, 5) is 0. The molecule has 3 heteroatoms. The van der Waals surface area contributed by atoms with Crippen LogP contribution in [0.25, 0.3) is 0 Å². The number of hydrogen-bond donors (Lipinski definition) is 1. The van der Waals surface area contributed by atoms with Gasteiger partial charge in [0, 0.05) is 9.61 Å². The van der Waals surface area contributed by atoms with Crippen LogP contribution in [0.3, 0.4) is 0 Å². The van der Waals surface area contributed by atoms with Crippen molar-refractivity contribution in [2.75, 3.05) is 6.54 Å². The van der Waals surface area contributed by atoms with Crippen molar-refractivity contribution >= 4 is 34.2 Å². The molecule has 0 spiro atoms. The third-order valence-electron chi connectivity index (χ3n) is 2.41. The predicted molar refractivity (Wildman–Crippen MR) is 64.1 cm³/mol. The number of rotatable bonds is 1. The lowest BCUT2D eigenvalue weighted by Crippen LogP contribution is -2.12. The average Bonchev–Trinajstić information content (AvgIpc) is 2.62. The minimum atomic E-state index is 0.523. The molecule has 1 aromatic rings. The monoisotopic (exact) mass is 307 g/mol. The topological polar surface area (TPSA) is 12.0 Å². The third kappa shape index (κ3) is 2.17. The van der Waals surface area contributed by atoms with Crippen molar-refractivity contribution in [2.24, 2.45) is 0 Å². The standard InChI is InChI=1S/C10H11ClIN/c11-8-6-7(3-4-9(8)12)10-2-1-5-13-10/h3-4,6,10,13H,1-2,5H2. The van der Waals surface area contributed by atoms with E-state index in [0.29, 0.717) is 6.04 Å². The Hall–Kier alpha value is 0.200. The van der Waals surface area contributed by atoms with Crippen molar-refractivity contribution in [3.63, 3.8) is 0 Å². The highest BCUT2D eigenvalue weighted by molar-refractivity contribution is 14.1. The van der Waals surface area contributed by atoms with E-state index in [1.54, 1.807) is 0 Å². The van der Waals surface area contributed by atoms with E-state index >= 15 is 0 Å². The summed E-state index contributed by atoms with van der Waals surface area (Å²) in [5, 5.41) is 4.33. The Balaban J connectivity index is 2.25. The first-order valence-electron chi connectivity index (χ1n) is 4.46. The van der Waals surface area contributed by atoms with Crippen LogP contribution < -0.4 is 5.32 Å². The van der Waals surface area contributed by atoms with Crippen LogP contribution >= 0.6 is 34.2 Å². The quantitative estimate of drug-likeness (QED) is 0.785. The molecule has 1 atom stereocenters. The Morgan fingerprint density at radius 3 is 2.92 bits per heavy atom. The Bertz CT molecular complexity index is 308. The first-order valence-corrected chi connectivity index (χ1v) is 5.91. The molecule has 1 aliphatic heterocycles. The number of nitrogens with one attached hydrogen (secondary N) is 1. The fourth-order valence-electron chi connectivity index (χ4n) is 1.70. The maximum absolute atomic E-state index is 6.06. The van der Waals surface area contributed by atoms with Gasteiger partial charge in [0.05, 0.1) is 5.02 Å². The van der Waals surface area contributed by atoms with Crippen molar-refractivity contribution in [3.8, 4) is 0 Å². The zero-order chi connectivity index (χ0) is 9.26. The number of halogens is 2. The van der Waals surface area contributed by atoms with Crippen molar-refractivity contribution in [1.29, 1.82) is 0 Å². The minimum Gasteiger partial charge on any atom is -0.310 e. The highest BCUT2D eigenvalue weighted by Crippen LogP contribution is 2.27. The molecule has 70 valence electrons. The lowest BCUT2D eigenvalue weighted by Gasteiger charge is -2.10. The maximum Gasteiger partial charge on any atom is 0.0542 e. The summed E-state index contributed by atoms with van der Waals surface area (Å²) in [5.74, 6) is 0. The zero-order valence-electron chi connectivity index (χ0n) is 7.19. The van der Waals surface area contributed by atoms with E-state index < -0.39 is 0 Å². The van der Waals surface area contributed by atoms with Crippen molar-refractivity contribution in [3.05, 3.63) is 32.4 Å². The molecule has 1 nitrogen and oxygen atoms in total. The smallest absolute Gasteiger partial charge is 0.0542 e. The highest BCUT2D eigenvalue weighted by atomic mass is 127. The lowest BCUT2D eigenvalue weighted by molar-refractivity contribution is 0.648. The van der Waals surface area contributed by atoms with Gasteiger partial charge in [0.25, 0.3) is 0 Å². The van der Waals surface area contributed by atoms with E-state index in [1.807, 2.05) is 0 Å². The Labute approximate surface area is 97.0 Å². The van der Waals surface area contributed by atoms with Gasteiger partial charge in [-0.1, -0.05) is 17.7 Å². The van der Waals surface area contributed by atoms with E-state index in [-0.39, 0.29) is 0 Å². The summed E-state index contributed by atoms with van der Waals surface area (Å²) in [6, 6.07) is 6.84. The molecule has 0 radical (unpaired) electrons. The second-order valence-electron chi connectivity index (χ2n) is 3.32. The van der Waals surface area contributed by atoms with Gasteiger partial charge >= 0.3 is 0 Å². The van der Waals surface area contributed by atoms with E-state index in [4.69, 9.17) is 11.6 Å². The first kappa shape index (κ1) is 9.74. The van der Waals surface area contributed by atoms with E-state index in [9.17, 15) is 0 Å². The minimum absolute atomic E-state index is 0.523. The first-order chi connectivity index (χ1) is 6.27. The molecule has 0 amide bonds. The molecule has 1 aromatic carbocycles. The summed E-state index contributed by atoms with van der Waals surface area (Å²) in [6.45, 7) is 1.13. The molecule has 0 saturated carbocycles. The molecule has 1 saturated heterocycles. The van der Waals surface area contributed by atoms with E-state index in [1.165, 1.54) is 18.4 Å². The van der Waals surface area contributed by atoms with E-state index in [2.05, 4.69) is 46.1 Å². The maximum atomic E-state index is 6.06. The molecule has 1 fully saturated rings. The van der Waals surface area contributed by atoms with Gasteiger partial charge in [-0.05, 0) is 59.7 Å². The fraction of sp³-hybridized carbons (Fsp3) is 0.400. The van der Waals surface area contributed by atoms with Gasteiger partial charge in [0.1, 0.15) is 0 Å². The molecule has 1 N–H and O–H groups in total. The van der Waals surface area contributed by atoms with E-state index in [0.717, 1.165) is 15.1 Å². The predicted octanol–water partition coefficient (Wildman–Crippen LogP) is 3.37. The molecule has 13 heavy (non-hydrogen) atoms. The summed E-state index contributed by atoms with van der Waals surface area (Å²) in [5.41, 5.74) is 1.32. The summed E-state index contributed by atoms with van der Waals surface area (Å²) >= 11 is 8.31. The van der Waals surface area contributed by atoms with Crippen molar-refractivity contribution in [1.82, 2.24) is 5.32 Å². The van der Waals surface area contributed by atoms with Gasteiger partial charge in [0.2, 0.25) is 0 Å². The molecule has 1 heterocycles. The molecule has 1 unspecified atom stereocenters. The van der Waals surface area contributed by atoms with Crippen LogP contribution in [-0.4, -0.2) is 6.54 Å². The van der Waals surface area contributed by atoms with Crippen molar-refractivity contribution < 1.29 is 0 Å². The summed E-state index contributed by atoms with van der Waals surface area (Å²) in [6.07, 6.45) is 2.51. The largest absolute Gasteiger partial charge is 0.310 e. The number of hydrogen-bond acceptors (Lipinski definition) is 1. The van der Waals surface area contributed by atoms with Crippen LogP contribution in [0.5, 0.6) is 0 Å². The van der Waals surface area contributed by atoms with Gasteiger partial charge in [-0.15, -0.1) is 0 Å². The fourth-order valence-corrected chi connectivity index (χ4v) is 2.22. The summed E-state index contributed by atoms with van der Waals surface area (Å²) in [7, 11) is 0. The van der Waals surface area contributed by atoms with Crippen molar-refractivity contribution in [2.45, 2.75) is 18.9 Å². The van der Waals surface area contributed by atoms with Crippen LogP contribution in [-0.2, 0) is 0 Å². The van der Waals surface area contributed by atoms with Gasteiger partial charge < -0.3 is 5.32 Å². The van der Waals surface area contributed by atoms with Crippen LogP contribution in [0.2, 0.25) is 5.02 Å². The number of benzene rings is 1. The molecular formula is C10H11ClIN. The second-order valence-corrected chi connectivity index (χ2v) is 4.89. The zero-order valence-corrected chi connectivity index (χ0v) is 10.1. The molecule has 0 aliphatic carbocycles. The lowest BCUT2D eigenvalue weighted by atomic mass is 10.1. The molecule has 1 aliphatic rings. The van der Waals surface area contributed by atoms with Gasteiger partial charge in [-0.25, -0.2) is 0 Å². The van der Waals surface area contributed by atoms with Gasteiger partial charge in [-0.3, -0.25) is 0 Å².